The molecule has 0 saturated carbocycles. The lowest BCUT2D eigenvalue weighted by Gasteiger charge is -2.37. The summed E-state index contributed by atoms with van der Waals surface area (Å²) in [4.78, 5) is 16.1. The second-order valence-corrected chi connectivity index (χ2v) is 6.84. The average molecular weight is 298 g/mol. The molecule has 2 unspecified atom stereocenters. The molecule has 2 rings (SSSR count). The summed E-state index contributed by atoms with van der Waals surface area (Å²) in [7, 11) is 0. The molecule has 122 valence electrons. The molecule has 5 heteroatoms. The van der Waals surface area contributed by atoms with Crippen molar-refractivity contribution in [2.45, 2.75) is 51.7 Å². The average Bonchev–Trinajstić information content (AvgIpc) is 2.64. The first-order chi connectivity index (χ1) is 10.1. The van der Waals surface area contributed by atoms with Gasteiger partial charge >= 0.3 is 5.97 Å². The highest BCUT2D eigenvalue weighted by molar-refractivity contribution is 5.73. The number of carboxylic acid groups (broad SMARTS) is 1. The smallest absolute Gasteiger partial charge is 0.320 e. The first-order valence-corrected chi connectivity index (χ1v) is 8.37. The highest BCUT2D eigenvalue weighted by Crippen LogP contribution is 2.19. The molecule has 0 aromatic carbocycles. The highest BCUT2D eigenvalue weighted by atomic mass is 16.5. The van der Waals surface area contributed by atoms with E-state index in [2.05, 4.69) is 23.6 Å². The molecule has 2 saturated heterocycles. The van der Waals surface area contributed by atoms with Crippen molar-refractivity contribution in [2.75, 3.05) is 39.3 Å². The number of hydrogen-bond acceptors (Lipinski definition) is 4. The van der Waals surface area contributed by atoms with Crippen LogP contribution in [0.3, 0.4) is 0 Å². The third-order valence-corrected chi connectivity index (χ3v) is 4.43. The lowest BCUT2D eigenvalue weighted by atomic mass is 10.1. The minimum atomic E-state index is -0.674. The maximum Gasteiger partial charge on any atom is 0.320 e. The largest absolute Gasteiger partial charge is 0.480 e. The van der Waals surface area contributed by atoms with Crippen LogP contribution < -0.4 is 0 Å². The molecule has 5 nitrogen and oxygen atoms in total. The van der Waals surface area contributed by atoms with Crippen molar-refractivity contribution in [3.63, 3.8) is 0 Å². The third kappa shape index (κ3) is 5.24. The lowest BCUT2D eigenvalue weighted by molar-refractivity contribution is -0.144. The maximum atomic E-state index is 11.5. The minimum Gasteiger partial charge on any atom is -0.480 e. The Morgan fingerprint density at radius 3 is 2.81 bits per heavy atom. The summed E-state index contributed by atoms with van der Waals surface area (Å²) in [6, 6.07) is -0.323. The summed E-state index contributed by atoms with van der Waals surface area (Å²) in [6.45, 7) is 9.91. The van der Waals surface area contributed by atoms with Crippen LogP contribution in [0.15, 0.2) is 0 Å². The van der Waals surface area contributed by atoms with Gasteiger partial charge in [0.2, 0.25) is 0 Å². The van der Waals surface area contributed by atoms with Gasteiger partial charge in [0.05, 0.1) is 12.7 Å². The van der Waals surface area contributed by atoms with Crippen LogP contribution >= 0.6 is 0 Å². The van der Waals surface area contributed by atoms with E-state index in [4.69, 9.17) is 4.74 Å². The summed E-state index contributed by atoms with van der Waals surface area (Å²) in [5.74, 6) is -0.0135. The SMILES string of the molecule is CC(C)CN1CCOC(CN2CCCCCC2C(=O)O)C1. The van der Waals surface area contributed by atoms with E-state index in [-0.39, 0.29) is 12.1 Å². The lowest BCUT2D eigenvalue weighted by Crippen LogP contribution is -2.51. The number of carboxylic acids is 1. The number of carbonyl (C=O) groups is 1. The molecule has 2 fully saturated rings. The molecule has 2 aliphatic heterocycles. The van der Waals surface area contributed by atoms with E-state index in [1.807, 2.05) is 0 Å². The normalized spacial score (nSPS) is 29.5. The van der Waals surface area contributed by atoms with E-state index < -0.39 is 5.97 Å². The van der Waals surface area contributed by atoms with Gasteiger partial charge in [-0.05, 0) is 25.3 Å². The Kier molecular flexibility index (Phi) is 6.45. The quantitative estimate of drug-likeness (QED) is 0.837. The molecule has 0 aromatic heterocycles. The number of hydrogen-bond donors (Lipinski definition) is 1. The van der Waals surface area contributed by atoms with E-state index in [0.29, 0.717) is 5.92 Å². The maximum absolute atomic E-state index is 11.5. The number of morpholine rings is 1. The molecule has 2 atom stereocenters. The van der Waals surface area contributed by atoms with E-state index in [1.165, 1.54) is 0 Å². The number of aliphatic carboxylic acids is 1. The Morgan fingerprint density at radius 2 is 2.10 bits per heavy atom. The standard InChI is InChI=1S/C16H30N2O3/c1-13(2)10-17-8-9-21-14(11-17)12-18-7-5-3-4-6-15(18)16(19)20/h13-15H,3-12H2,1-2H3,(H,19,20). The van der Waals surface area contributed by atoms with Crippen LogP contribution in [0, 0.1) is 5.92 Å². The second-order valence-electron chi connectivity index (χ2n) is 6.84. The summed E-state index contributed by atoms with van der Waals surface area (Å²) in [5, 5.41) is 9.44. The van der Waals surface area contributed by atoms with E-state index >= 15 is 0 Å². The van der Waals surface area contributed by atoms with Gasteiger partial charge in [-0.1, -0.05) is 26.7 Å². The Labute approximate surface area is 128 Å². The van der Waals surface area contributed by atoms with Crippen molar-refractivity contribution < 1.29 is 14.6 Å². The fraction of sp³-hybridized carbons (Fsp3) is 0.938. The van der Waals surface area contributed by atoms with Crippen molar-refractivity contribution in [2.24, 2.45) is 5.92 Å². The van der Waals surface area contributed by atoms with Gasteiger partial charge < -0.3 is 9.84 Å². The van der Waals surface area contributed by atoms with Gasteiger partial charge in [-0.25, -0.2) is 0 Å². The Hall–Kier alpha value is -0.650. The fourth-order valence-electron chi connectivity index (χ4n) is 3.50. The van der Waals surface area contributed by atoms with Crippen molar-refractivity contribution in [1.29, 1.82) is 0 Å². The number of nitrogens with zero attached hydrogens (tertiary/aromatic N) is 2. The zero-order valence-electron chi connectivity index (χ0n) is 13.5. The van der Waals surface area contributed by atoms with Crippen molar-refractivity contribution in [3.05, 3.63) is 0 Å². The second kappa shape index (κ2) is 8.11. The molecule has 21 heavy (non-hydrogen) atoms. The number of rotatable bonds is 5. The molecule has 0 radical (unpaired) electrons. The Morgan fingerprint density at radius 1 is 1.29 bits per heavy atom. The van der Waals surface area contributed by atoms with Gasteiger partial charge in [0, 0.05) is 26.2 Å². The Balaban J connectivity index is 1.90. The summed E-state index contributed by atoms with van der Waals surface area (Å²) >= 11 is 0. The van der Waals surface area contributed by atoms with E-state index in [1.54, 1.807) is 0 Å². The van der Waals surface area contributed by atoms with Crippen LogP contribution in [-0.4, -0.2) is 72.4 Å². The van der Waals surface area contributed by atoms with Gasteiger partial charge in [0.15, 0.2) is 0 Å². The first kappa shape index (κ1) is 16.7. The third-order valence-electron chi connectivity index (χ3n) is 4.43. The van der Waals surface area contributed by atoms with Crippen LogP contribution in [0.5, 0.6) is 0 Å². The van der Waals surface area contributed by atoms with Crippen LogP contribution in [0.25, 0.3) is 0 Å². The van der Waals surface area contributed by atoms with Crippen LogP contribution in [0.2, 0.25) is 0 Å². The Bertz CT molecular complexity index is 335. The molecule has 0 bridgehead atoms. The van der Waals surface area contributed by atoms with Crippen LogP contribution in [-0.2, 0) is 9.53 Å². The van der Waals surface area contributed by atoms with Crippen LogP contribution in [0.1, 0.15) is 39.5 Å². The van der Waals surface area contributed by atoms with Gasteiger partial charge in [-0.15, -0.1) is 0 Å². The predicted octanol–water partition coefficient (Wildman–Crippen LogP) is 1.67. The van der Waals surface area contributed by atoms with Crippen molar-refractivity contribution in [3.8, 4) is 0 Å². The molecule has 0 amide bonds. The van der Waals surface area contributed by atoms with E-state index in [0.717, 1.165) is 65.0 Å². The van der Waals surface area contributed by atoms with Gasteiger partial charge in [0.1, 0.15) is 6.04 Å². The minimum absolute atomic E-state index is 0.150. The molecular weight excluding hydrogens is 268 g/mol. The van der Waals surface area contributed by atoms with Crippen molar-refractivity contribution in [1.82, 2.24) is 9.80 Å². The van der Waals surface area contributed by atoms with Gasteiger partial charge in [0.25, 0.3) is 0 Å². The molecule has 0 spiro atoms. The van der Waals surface area contributed by atoms with Crippen LogP contribution in [0.4, 0.5) is 0 Å². The summed E-state index contributed by atoms with van der Waals surface area (Å²) < 4.78 is 5.89. The molecular formula is C16H30N2O3. The number of likely N-dealkylation sites (tertiary alicyclic amines) is 1. The molecule has 0 aromatic rings. The molecule has 2 heterocycles. The van der Waals surface area contributed by atoms with E-state index in [9.17, 15) is 9.90 Å². The molecule has 2 aliphatic rings. The zero-order valence-corrected chi connectivity index (χ0v) is 13.5. The summed E-state index contributed by atoms with van der Waals surface area (Å²) in [6.07, 6.45) is 4.20. The molecule has 1 N–H and O–H groups in total. The van der Waals surface area contributed by atoms with Gasteiger partial charge in [-0.2, -0.15) is 0 Å². The van der Waals surface area contributed by atoms with Crippen molar-refractivity contribution >= 4 is 5.97 Å². The highest BCUT2D eigenvalue weighted by Gasteiger charge is 2.30. The predicted molar refractivity (Wildman–Crippen MR) is 82.5 cm³/mol. The fourth-order valence-corrected chi connectivity index (χ4v) is 3.50. The summed E-state index contributed by atoms with van der Waals surface area (Å²) in [5.41, 5.74) is 0. The topological polar surface area (TPSA) is 53.0 Å². The number of ether oxygens (including phenoxy) is 1. The monoisotopic (exact) mass is 298 g/mol. The molecule has 0 aliphatic carbocycles. The zero-order chi connectivity index (χ0) is 15.2. The first-order valence-electron chi connectivity index (χ1n) is 8.37. The van der Waals surface area contributed by atoms with Gasteiger partial charge in [-0.3, -0.25) is 14.6 Å².